The fourth-order valence-electron chi connectivity index (χ4n) is 2.10. The van der Waals surface area contributed by atoms with Crippen LogP contribution in [0.1, 0.15) is 27.3 Å². The number of ketones is 1. The first kappa shape index (κ1) is 12.5. The van der Waals surface area contributed by atoms with E-state index in [2.05, 4.69) is 5.10 Å². The van der Waals surface area contributed by atoms with Gasteiger partial charge in [-0.2, -0.15) is 5.10 Å². The quantitative estimate of drug-likeness (QED) is 0.780. The number of benzene rings is 1. The number of carbonyl (C=O) groups excluding carboxylic acids is 1. The van der Waals surface area contributed by atoms with Crippen LogP contribution in [-0.4, -0.2) is 15.6 Å². The second kappa shape index (κ2) is 4.72. The highest BCUT2D eigenvalue weighted by Crippen LogP contribution is 2.15. The maximum absolute atomic E-state index is 13.1. The number of hydrogen-bond acceptors (Lipinski definition) is 2. The van der Waals surface area contributed by atoms with Gasteiger partial charge in [-0.3, -0.25) is 9.48 Å². The molecule has 0 radical (unpaired) electrons. The van der Waals surface area contributed by atoms with Crippen molar-refractivity contribution in [3.63, 3.8) is 0 Å². The van der Waals surface area contributed by atoms with Crippen molar-refractivity contribution in [3.05, 3.63) is 52.6 Å². The number of hydrogen-bond donors (Lipinski definition) is 0. The van der Waals surface area contributed by atoms with Crippen LogP contribution in [-0.2, 0) is 13.5 Å². The minimum atomic E-state index is -0.320. The summed E-state index contributed by atoms with van der Waals surface area (Å²) in [6.45, 7) is 3.67. The van der Waals surface area contributed by atoms with E-state index in [0.717, 1.165) is 11.4 Å². The third kappa shape index (κ3) is 2.32. The molecule has 0 aliphatic rings. The summed E-state index contributed by atoms with van der Waals surface area (Å²) in [5.41, 5.74) is 2.88. The zero-order valence-electron chi connectivity index (χ0n) is 10.7. The standard InChI is InChI=1S/C14H15FN2O/c1-9-14(10(2)17(3)16-9)13(18)8-11-5-4-6-12(15)7-11/h4-7H,8H2,1-3H3. The fourth-order valence-corrected chi connectivity index (χ4v) is 2.10. The third-order valence-electron chi connectivity index (χ3n) is 3.04. The van der Waals surface area contributed by atoms with Crippen molar-refractivity contribution in [3.8, 4) is 0 Å². The molecule has 0 atom stereocenters. The monoisotopic (exact) mass is 246 g/mol. The number of aryl methyl sites for hydroxylation is 2. The van der Waals surface area contributed by atoms with Gasteiger partial charge in [0.2, 0.25) is 0 Å². The number of rotatable bonds is 3. The van der Waals surface area contributed by atoms with Crippen molar-refractivity contribution in [1.82, 2.24) is 9.78 Å². The molecule has 0 fully saturated rings. The summed E-state index contributed by atoms with van der Waals surface area (Å²) >= 11 is 0. The highest BCUT2D eigenvalue weighted by molar-refractivity contribution is 5.99. The van der Waals surface area contributed by atoms with Crippen LogP contribution in [0, 0.1) is 19.7 Å². The van der Waals surface area contributed by atoms with Gasteiger partial charge in [-0.25, -0.2) is 4.39 Å². The second-order valence-corrected chi connectivity index (χ2v) is 4.40. The Hall–Kier alpha value is -1.97. The van der Waals surface area contributed by atoms with E-state index in [1.54, 1.807) is 23.9 Å². The predicted octanol–water partition coefficient (Wildman–Crippen LogP) is 2.60. The Morgan fingerprint density at radius 3 is 2.67 bits per heavy atom. The summed E-state index contributed by atoms with van der Waals surface area (Å²) in [7, 11) is 1.81. The molecule has 0 N–H and O–H groups in total. The SMILES string of the molecule is Cc1nn(C)c(C)c1C(=O)Cc1cccc(F)c1. The molecular formula is C14H15FN2O. The summed E-state index contributed by atoms with van der Waals surface area (Å²) in [6, 6.07) is 6.12. The van der Waals surface area contributed by atoms with Gasteiger partial charge >= 0.3 is 0 Å². The summed E-state index contributed by atoms with van der Waals surface area (Å²) < 4.78 is 14.7. The minimum absolute atomic E-state index is 0.0244. The van der Waals surface area contributed by atoms with Gasteiger partial charge in [0.1, 0.15) is 5.82 Å². The molecule has 4 heteroatoms. The van der Waals surface area contributed by atoms with Crippen LogP contribution in [0.5, 0.6) is 0 Å². The van der Waals surface area contributed by atoms with Crippen LogP contribution >= 0.6 is 0 Å². The Labute approximate surface area is 105 Å². The molecule has 0 bridgehead atoms. The van der Waals surface area contributed by atoms with Crippen molar-refractivity contribution < 1.29 is 9.18 Å². The normalized spacial score (nSPS) is 10.7. The molecule has 2 aromatic rings. The molecule has 1 aromatic heterocycles. The zero-order valence-corrected chi connectivity index (χ0v) is 10.7. The molecule has 0 unspecified atom stereocenters. The third-order valence-corrected chi connectivity index (χ3v) is 3.04. The molecule has 1 heterocycles. The maximum atomic E-state index is 13.1. The zero-order chi connectivity index (χ0) is 13.3. The van der Waals surface area contributed by atoms with Crippen molar-refractivity contribution in [2.45, 2.75) is 20.3 Å². The first-order chi connectivity index (χ1) is 8.49. The number of nitrogens with zero attached hydrogens (tertiary/aromatic N) is 2. The van der Waals surface area contributed by atoms with Crippen molar-refractivity contribution in [1.29, 1.82) is 0 Å². The van der Waals surface area contributed by atoms with E-state index in [1.807, 2.05) is 13.8 Å². The smallest absolute Gasteiger partial charge is 0.170 e. The predicted molar refractivity (Wildman–Crippen MR) is 67.1 cm³/mol. The number of aromatic nitrogens is 2. The topological polar surface area (TPSA) is 34.9 Å². The molecule has 3 nitrogen and oxygen atoms in total. The van der Waals surface area contributed by atoms with Crippen LogP contribution in [0.25, 0.3) is 0 Å². The van der Waals surface area contributed by atoms with Gasteiger partial charge in [0, 0.05) is 19.2 Å². The van der Waals surface area contributed by atoms with E-state index in [0.29, 0.717) is 11.1 Å². The van der Waals surface area contributed by atoms with E-state index in [-0.39, 0.29) is 18.0 Å². The Morgan fingerprint density at radius 2 is 2.11 bits per heavy atom. The molecular weight excluding hydrogens is 231 g/mol. The van der Waals surface area contributed by atoms with E-state index in [9.17, 15) is 9.18 Å². The molecule has 0 saturated heterocycles. The summed E-state index contributed by atoms with van der Waals surface area (Å²) in [5, 5.41) is 4.21. The van der Waals surface area contributed by atoms with Crippen molar-refractivity contribution >= 4 is 5.78 Å². The number of Topliss-reactive ketones (excluding diaryl/α,β-unsaturated/α-hetero) is 1. The number of carbonyl (C=O) groups is 1. The highest BCUT2D eigenvalue weighted by Gasteiger charge is 2.17. The van der Waals surface area contributed by atoms with E-state index in [4.69, 9.17) is 0 Å². The van der Waals surface area contributed by atoms with Gasteiger partial charge in [0.25, 0.3) is 0 Å². The molecule has 18 heavy (non-hydrogen) atoms. The van der Waals surface area contributed by atoms with E-state index < -0.39 is 0 Å². The van der Waals surface area contributed by atoms with Crippen LogP contribution in [0.2, 0.25) is 0 Å². The van der Waals surface area contributed by atoms with Crippen molar-refractivity contribution in [2.24, 2.45) is 7.05 Å². The van der Waals surface area contributed by atoms with Gasteiger partial charge in [0.05, 0.1) is 11.3 Å². The molecule has 1 aromatic carbocycles. The molecule has 0 amide bonds. The minimum Gasteiger partial charge on any atom is -0.294 e. The van der Waals surface area contributed by atoms with Gasteiger partial charge in [-0.05, 0) is 31.5 Å². The first-order valence-electron chi connectivity index (χ1n) is 5.77. The maximum Gasteiger partial charge on any atom is 0.170 e. The Balaban J connectivity index is 2.27. The molecule has 0 spiro atoms. The lowest BCUT2D eigenvalue weighted by Gasteiger charge is -2.02. The molecule has 94 valence electrons. The highest BCUT2D eigenvalue weighted by atomic mass is 19.1. The average Bonchev–Trinajstić information content (AvgIpc) is 2.53. The van der Waals surface area contributed by atoms with Crippen LogP contribution in [0.15, 0.2) is 24.3 Å². The Morgan fingerprint density at radius 1 is 1.39 bits per heavy atom. The summed E-state index contributed by atoms with van der Waals surface area (Å²) in [6.07, 6.45) is 0.200. The van der Waals surface area contributed by atoms with Gasteiger partial charge < -0.3 is 0 Å². The van der Waals surface area contributed by atoms with Crippen LogP contribution in [0.3, 0.4) is 0 Å². The summed E-state index contributed by atoms with van der Waals surface area (Å²) in [4.78, 5) is 12.2. The summed E-state index contributed by atoms with van der Waals surface area (Å²) in [5.74, 6) is -0.344. The Kier molecular flexibility index (Phi) is 3.28. The first-order valence-corrected chi connectivity index (χ1v) is 5.77. The average molecular weight is 246 g/mol. The van der Waals surface area contributed by atoms with E-state index in [1.165, 1.54) is 12.1 Å². The lowest BCUT2D eigenvalue weighted by molar-refractivity contribution is 0.0991. The van der Waals surface area contributed by atoms with Gasteiger partial charge in [-0.15, -0.1) is 0 Å². The van der Waals surface area contributed by atoms with Crippen LogP contribution < -0.4 is 0 Å². The Bertz CT molecular complexity index is 602. The van der Waals surface area contributed by atoms with Gasteiger partial charge in [0.15, 0.2) is 5.78 Å². The lowest BCUT2D eigenvalue weighted by Crippen LogP contribution is -2.06. The molecule has 2 rings (SSSR count). The molecule has 0 aliphatic heterocycles. The number of halogens is 1. The largest absolute Gasteiger partial charge is 0.294 e. The molecule has 0 aliphatic carbocycles. The lowest BCUT2D eigenvalue weighted by atomic mass is 10.0. The molecule has 0 saturated carbocycles. The fraction of sp³-hybridized carbons (Fsp3) is 0.286. The van der Waals surface area contributed by atoms with Crippen LogP contribution in [0.4, 0.5) is 4.39 Å². The second-order valence-electron chi connectivity index (χ2n) is 4.40. The van der Waals surface area contributed by atoms with Gasteiger partial charge in [-0.1, -0.05) is 12.1 Å². The van der Waals surface area contributed by atoms with Crippen molar-refractivity contribution in [2.75, 3.05) is 0 Å². The van der Waals surface area contributed by atoms with E-state index >= 15 is 0 Å².